The van der Waals surface area contributed by atoms with Gasteiger partial charge in [0.25, 0.3) is 0 Å². The maximum absolute atomic E-state index is 9.27. The van der Waals surface area contributed by atoms with E-state index in [0.29, 0.717) is 0 Å². The van der Waals surface area contributed by atoms with Crippen molar-refractivity contribution in [2.45, 2.75) is 58.5 Å². The molecule has 0 amide bonds. The van der Waals surface area contributed by atoms with Crippen LogP contribution in [-0.4, -0.2) is 0 Å². The summed E-state index contributed by atoms with van der Waals surface area (Å²) in [6.07, 6.45) is 0. The average Bonchev–Trinajstić information content (AvgIpc) is 4.21. The summed E-state index contributed by atoms with van der Waals surface area (Å²) in [4.78, 5) is -16.6. The zero-order valence-corrected chi connectivity index (χ0v) is 41.6. The lowest BCUT2D eigenvalue weighted by Crippen LogP contribution is -2.53. The van der Waals surface area contributed by atoms with Crippen molar-refractivity contribution in [3.63, 3.8) is 0 Å². The third kappa shape index (κ3) is 1.48. The molecule has 0 aromatic heterocycles. The minimum Gasteiger partial charge on any atom is -0.109 e. The molecule has 68 heavy (non-hydrogen) atoms. The van der Waals surface area contributed by atoms with Gasteiger partial charge in [-0.05, 0) is 241 Å². The van der Waals surface area contributed by atoms with Gasteiger partial charge in [0.15, 0.2) is 0 Å². The van der Waals surface area contributed by atoms with E-state index >= 15 is 0 Å². The molecular weight excluding hydrogens is 1100 g/mol. The molecule has 0 aliphatic heterocycles. The summed E-state index contributed by atoms with van der Waals surface area (Å²) in [6.45, 7) is 0. The third-order valence-electron chi connectivity index (χ3n) is 24.6. The Morgan fingerprint density at radius 1 is 0.132 bits per heavy atom. The fourth-order valence-electron chi connectivity index (χ4n) is 24.4. The van der Waals surface area contributed by atoms with E-state index in [1.165, 1.54) is 0 Å². The van der Waals surface area contributed by atoms with Crippen LogP contribution in [-0.2, 0) is 58.5 Å². The van der Waals surface area contributed by atoms with Gasteiger partial charge in [0, 0.05) is 0 Å². The first-order chi connectivity index (χ1) is 32.4. The van der Waals surface area contributed by atoms with Crippen LogP contribution < -0.4 is 0 Å². The Balaban J connectivity index is 1.22. The first-order valence-corrected chi connectivity index (χ1v) is 27.8. The molecule has 18 aliphatic carbocycles. The van der Waals surface area contributed by atoms with Gasteiger partial charge in [-0.2, -0.15) is 0 Å². The Morgan fingerprint density at radius 3 is 0.691 bits per heavy atom. The van der Waals surface area contributed by atoms with Gasteiger partial charge in [-0.3, -0.25) is 0 Å². The van der Waals surface area contributed by atoms with Gasteiger partial charge in [0.2, 0.25) is 0 Å². The predicted molar refractivity (Wildman–Crippen MR) is 272 cm³/mol. The molecule has 0 N–H and O–H groups in total. The average molecular weight is 1100 g/mol. The molecule has 18 aliphatic rings. The van der Waals surface area contributed by atoms with Crippen LogP contribution in [0.25, 0.3) is 108 Å². The quantitative estimate of drug-likeness (QED) is 0.105. The molecule has 0 bridgehead atoms. The van der Waals surface area contributed by atoms with E-state index in [4.69, 9.17) is 46.4 Å². The molecule has 12 aromatic rings. The molecule has 12 atom stereocenters. The molecule has 308 valence electrons. The summed E-state index contributed by atoms with van der Waals surface area (Å²) in [5, 5.41) is 21.4. The van der Waals surface area contributed by atoms with Crippen LogP contribution in [0.2, 0.25) is 0 Å². The monoisotopic (exact) mass is 1090 g/mol. The molecular formula is C56Cl12. The second-order valence-corrected chi connectivity index (χ2v) is 31.2. The summed E-state index contributed by atoms with van der Waals surface area (Å²) in [7, 11) is 0. The zero-order valence-electron chi connectivity index (χ0n) is 32.5. The minimum absolute atomic E-state index is 0.886. The Hall–Kier alpha value is -2.24. The Labute approximate surface area is 434 Å². The smallest absolute Gasteiger partial charge is 0.109 e. The Morgan fingerprint density at radius 2 is 0.309 bits per heavy atom. The van der Waals surface area contributed by atoms with E-state index < -0.39 is 58.5 Å². The van der Waals surface area contributed by atoms with Crippen molar-refractivity contribution < 1.29 is 0 Å². The van der Waals surface area contributed by atoms with Gasteiger partial charge in [0.1, 0.15) is 58.5 Å². The second-order valence-electron chi connectivity index (χ2n) is 24.4. The lowest BCUT2D eigenvalue weighted by Gasteiger charge is -2.53. The topological polar surface area (TPSA) is 0 Å². The van der Waals surface area contributed by atoms with Gasteiger partial charge in [-0.15, -0.1) is 139 Å². The molecule has 0 saturated carbocycles. The lowest BCUT2D eigenvalue weighted by atomic mass is 9.59. The van der Waals surface area contributed by atoms with E-state index in [1.54, 1.807) is 0 Å². The van der Waals surface area contributed by atoms with Gasteiger partial charge in [-0.25, -0.2) is 0 Å². The van der Waals surface area contributed by atoms with Crippen LogP contribution in [0.5, 0.6) is 0 Å². The zero-order chi connectivity index (χ0) is 43.4. The number of hydrogen-bond donors (Lipinski definition) is 0. The highest BCUT2D eigenvalue weighted by Crippen LogP contribution is 2.99. The minimum atomic E-state index is -1.46. The van der Waals surface area contributed by atoms with E-state index in [9.17, 15) is 92.8 Å². The largest absolute Gasteiger partial charge is 0.125 e. The van der Waals surface area contributed by atoms with Crippen LogP contribution in [0.1, 0.15) is 134 Å². The van der Waals surface area contributed by atoms with Crippen molar-refractivity contribution in [2.24, 2.45) is 0 Å². The normalized spacial score (nSPS) is 46.1. The second kappa shape index (κ2) is 6.47. The van der Waals surface area contributed by atoms with Crippen LogP contribution in [0, 0.1) is 0 Å². The maximum Gasteiger partial charge on any atom is 0.125 e. The third-order valence-corrected chi connectivity index (χ3v) is 33.1. The molecule has 0 fully saturated rings. The van der Waals surface area contributed by atoms with Gasteiger partial charge in [0.05, 0.1) is 0 Å². The summed E-state index contributed by atoms with van der Waals surface area (Å²) < 4.78 is 0. The molecule has 0 nitrogen and oxygen atoms in total. The first kappa shape index (κ1) is 31.4. The molecule has 12 aromatic carbocycles. The summed E-state index contributed by atoms with van der Waals surface area (Å²) in [5.74, 6) is 0. The molecule has 0 radical (unpaired) electrons. The maximum atomic E-state index is 9.27. The Bertz CT molecular complexity index is 5440. The lowest BCUT2D eigenvalue weighted by molar-refractivity contribution is 0.433. The van der Waals surface area contributed by atoms with Crippen LogP contribution in [0.15, 0.2) is 0 Å². The number of alkyl halides is 12. The highest BCUT2D eigenvalue weighted by Gasteiger charge is 2.92. The van der Waals surface area contributed by atoms with Gasteiger partial charge >= 0.3 is 0 Å². The Kier molecular flexibility index (Phi) is 2.98. The van der Waals surface area contributed by atoms with Crippen molar-refractivity contribution in [1.29, 1.82) is 0 Å². The summed E-state index contributed by atoms with van der Waals surface area (Å²) in [6, 6.07) is 0. The van der Waals surface area contributed by atoms with E-state index in [0.717, 1.165) is 241 Å². The van der Waals surface area contributed by atoms with Crippen LogP contribution >= 0.6 is 139 Å². The number of halogens is 12. The van der Waals surface area contributed by atoms with Crippen molar-refractivity contribution in [1.82, 2.24) is 0 Å². The van der Waals surface area contributed by atoms with Crippen molar-refractivity contribution in [3.8, 4) is 0 Å². The number of rotatable bonds is 0. The molecule has 0 saturated heterocycles. The van der Waals surface area contributed by atoms with Crippen LogP contribution in [0.4, 0.5) is 0 Å². The van der Waals surface area contributed by atoms with Gasteiger partial charge in [-0.1, -0.05) is 0 Å². The highest BCUT2D eigenvalue weighted by atomic mass is 35.5. The number of hydrogen-bond acceptors (Lipinski definition) is 0. The van der Waals surface area contributed by atoms with Crippen molar-refractivity contribution >= 4 is 247 Å². The predicted octanol–water partition coefficient (Wildman–Crippen LogP) is 16.3. The molecule has 30 rings (SSSR count). The molecule has 0 spiro atoms. The van der Waals surface area contributed by atoms with E-state index in [2.05, 4.69) is 0 Å². The van der Waals surface area contributed by atoms with Gasteiger partial charge < -0.3 is 0 Å². The van der Waals surface area contributed by atoms with E-state index in [1.807, 2.05) is 0 Å². The fraction of sp³-hybridized carbons (Fsp3) is 0.214. The number of benzene rings is 10. The summed E-state index contributed by atoms with van der Waals surface area (Å²) in [5.41, 5.74) is 22.4. The standard InChI is InChI=1S/C56Cl12/c57-45-23-11-12-14-19-29(23)47(59)35-17-5-3-1-2-4-6-10-8(2)22-15(3)33-31(17)49(47,61)37(19)43-42-26(14)46(58)24(12)30-20-13(11)25(45)41-44-38(20)50(62)32(18(6)36(48(30,50)60)40(46)28(10)52(42,64)56(22,68)53(33,43)65)34-16(4)21-7(1)9(5)27(39(35)45)51(41,63)55(21,67)54(34,44)66. The van der Waals surface area contributed by atoms with E-state index in [-0.39, 0.29) is 0 Å². The first-order valence-electron chi connectivity index (χ1n) is 23.3. The van der Waals surface area contributed by atoms with Crippen LogP contribution in [0.3, 0.4) is 0 Å². The van der Waals surface area contributed by atoms with Crippen molar-refractivity contribution in [3.05, 3.63) is 134 Å². The molecule has 12 heteroatoms. The fourth-order valence-corrected chi connectivity index (χ4v) is 31.5. The van der Waals surface area contributed by atoms with Crippen molar-refractivity contribution in [2.75, 3.05) is 0 Å². The molecule has 12 unspecified atom stereocenters. The highest BCUT2D eigenvalue weighted by molar-refractivity contribution is 6.67. The summed E-state index contributed by atoms with van der Waals surface area (Å²) >= 11 is 110. The molecule has 0 heterocycles. The SMILES string of the molecule is ClC12c3c4c5c6c7c8c9c%10c%11c%12c%13c%14c%15c%16c%17c%18c%19c%20c(c3C3(Cl)c%21c(c%22c%23c(c%24c%25c%26c(c%27c(c%28c%26c(c1c%25c%23c%212)C4(Cl)C%286Cl)C7(Cl)C9(Cl)C%27%12Cl)C%13%24Cl)C%14(Cl)C%22%16Cl)C%17(Cl)C%193Cl)c5c8c%20c%10c%18c%15%11.